The van der Waals surface area contributed by atoms with Gasteiger partial charge >= 0.3 is 0 Å². The number of morpholine rings is 1. The second-order valence-electron chi connectivity index (χ2n) is 14.5. The van der Waals surface area contributed by atoms with Gasteiger partial charge in [0.1, 0.15) is 0 Å². The van der Waals surface area contributed by atoms with Crippen LogP contribution in [0, 0.1) is 33.0 Å². The van der Waals surface area contributed by atoms with E-state index in [1.807, 2.05) is 6.92 Å². The highest BCUT2D eigenvalue weighted by Crippen LogP contribution is 2.75. The fraction of sp³-hybridized carbons (Fsp3) is 0.697. The zero-order valence-electron chi connectivity index (χ0n) is 24.2. The Kier molecular flexibility index (Phi) is 5.63. The molecule has 5 aliphatic carbocycles. The third-order valence-corrected chi connectivity index (χ3v) is 12.7. The van der Waals surface area contributed by atoms with Crippen molar-refractivity contribution < 1.29 is 19.4 Å². The molecule has 1 heterocycles. The Morgan fingerprint density at radius 3 is 2.37 bits per heavy atom. The number of rotatable bonds is 1. The van der Waals surface area contributed by atoms with Crippen LogP contribution in [0.3, 0.4) is 0 Å². The van der Waals surface area contributed by atoms with Crippen LogP contribution in [0.4, 0.5) is 0 Å². The maximum Gasteiger partial charge on any atom is 0.228 e. The van der Waals surface area contributed by atoms with Gasteiger partial charge in [0.05, 0.1) is 13.2 Å². The molecular weight excluding hydrogens is 474 g/mol. The van der Waals surface area contributed by atoms with E-state index in [0.29, 0.717) is 43.7 Å². The number of ether oxygens (including phenoxy) is 1. The Balaban J connectivity index is 1.40. The molecule has 0 spiro atoms. The maximum absolute atomic E-state index is 13.9. The molecule has 6 rings (SSSR count). The molecule has 6 atom stereocenters. The lowest BCUT2D eigenvalue weighted by atomic mass is 9.34. The third-order valence-electron chi connectivity index (χ3n) is 12.7. The van der Waals surface area contributed by atoms with Crippen LogP contribution in [-0.4, -0.2) is 48.0 Å². The minimum Gasteiger partial charge on any atom is -0.504 e. The van der Waals surface area contributed by atoms with Crippen molar-refractivity contribution >= 4 is 11.7 Å². The van der Waals surface area contributed by atoms with E-state index < -0.39 is 0 Å². The molecule has 6 aliphatic rings. The van der Waals surface area contributed by atoms with Gasteiger partial charge in [-0.05, 0) is 91.3 Å². The number of ketones is 1. The Morgan fingerprint density at radius 2 is 1.66 bits per heavy atom. The predicted octanol–water partition coefficient (Wildman–Crippen LogP) is 6.47. The second-order valence-corrected chi connectivity index (χ2v) is 14.5. The summed E-state index contributed by atoms with van der Waals surface area (Å²) < 4.78 is 5.54. The van der Waals surface area contributed by atoms with Crippen molar-refractivity contribution in [3.63, 3.8) is 0 Å². The van der Waals surface area contributed by atoms with Crippen LogP contribution in [-0.2, 0) is 14.3 Å². The number of carbonyl (C=O) groups excluding carboxylic acids is 2. The van der Waals surface area contributed by atoms with Gasteiger partial charge in [-0.1, -0.05) is 52.3 Å². The molecular formula is C33H45NO4. The van der Waals surface area contributed by atoms with Crippen LogP contribution in [0.5, 0.6) is 0 Å². The first-order valence-electron chi connectivity index (χ1n) is 14.8. The number of carbonyl (C=O) groups is 2. The predicted molar refractivity (Wildman–Crippen MR) is 148 cm³/mol. The van der Waals surface area contributed by atoms with Crippen molar-refractivity contribution in [1.29, 1.82) is 0 Å². The summed E-state index contributed by atoms with van der Waals surface area (Å²) in [5.74, 6) is 0.404. The highest BCUT2D eigenvalue weighted by Gasteiger charge is 2.67. The van der Waals surface area contributed by atoms with E-state index in [-0.39, 0.29) is 38.6 Å². The van der Waals surface area contributed by atoms with E-state index in [2.05, 4.69) is 51.7 Å². The van der Waals surface area contributed by atoms with Crippen LogP contribution < -0.4 is 0 Å². The third kappa shape index (κ3) is 3.26. The van der Waals surface area contributed by atoms with Gasteiger partial charge in [-0.2, -0.15) is 0 Å². The summed E-state index contributed by atoms with van der Waals surface area (Å²) in [4.78, 5) is 28.7. The molecule has 206 valence electrons. The molecule has 3 saturated carbocycles. The minimum atomic E-state index is -0.324. The molecule has 0 radical (unpaired) electrons. The smallest absolute Gasteiger partial charge is 0.228 e. The molecule has 4 fully saturated rings. The molecule has 5 nitrogen and oxygen atoms in total. The molecule has 1 saturated heterocycles. The quantitative estimate of drug-likeness (QED) is 0.431. The van der Waals surface area contributed by atoms with Gasteiger partial charge < -0.3 is 14.7 Å². The molecule has 1 aliphatic heterocycles. The van der Waals surface area contributed by atoms with Gasteiger partial charge in [-0.3, -0.25) is 9.59 Å². The van der Waals surface area contributed by atoms with Gasteiger partial charge in [0.15, 0.2) is 5.76 Å². The molecule has 0 aromatic heterocycles. The van der Waals surface area contributed by atoms with E-state index >= 15 is 0 Å². The van der Waals surface area contributed by atoms with Crippen molar-refractivity contribution in [2.75, 3.05) is 26.3 Å². The summed E-state index contributed by atoms with van der Waals surface area (Å²) in [5.41, 5.74) is 4.00. The molecule has 5 heteroatoms. The van der Waals surface area contributed by atoms with Gasteiger partial charge in [-0.25, -0.2) is 0 Å². The summed E-state index contributed by atoms with van der Waals surface area (Å²) in [6.45, 7) is 16.6. The highest BCUT2D eigenvalue weighted by atomic mass is 16.5. The van der Waals surface area contributed by atoms with Crippen LogP contribution >= 0.6 is 0 Å². The average Bonchev–Trinajstić information content (AvgIpc) is 2.90. The molecule has 1 N–H and O–H groups in total. The first-order chi connectivity index (χ1) is 17.8. The summed E-state index contributed by atoms with van der Waals surface area (Å²) in [6.07, 6.45) is 13.6. The van der Waals surface area contributed by atoms with Gasteiger partial charge in [-0.15, -0.1) is 0 Å². The van der Waals surface area contributed by atoms with E-state index in [9.17, 15) is 14.7 Å². The Hall–Kier alpha value is -2.14. The largest absolute Gasteiger partial charge is 0.504 e. The highest BCUT2D eigenvalue weighted by molar-refractivity contribution is 6.06. The van der Waals surface area contributed by atoms with Crippen LogP contribution in [0.25, 0.3) is 0 Å². The maximum atomic E-state index is 13.9. The van der Waals surface area contributed by atoms with Gasteiger partial charge in [0, 0.05) is 29.5 Å². The topological polar surface area (TPSA) is 66.8 Å². The van der Waals surface area contributed by atoms with Crippen molar-refractivity contribution in [2.24, 2.45) is 33.0 Å². The van der Waals surface area contributed by atoms with Gasteiger partial charge in [0.25, 0.3) is 0 Å². The van der Waals surface area contributed by atoms with Crippen molar-refractivity contribution in [3.8, 4) is 0 Å². The molecule has 1 amide bonds. The standard InChI is InChI=1S/C33H45NO4/c1-21-22-7-8-25-31(4,23(22)19-24(35)27(21)36)12-14-33(6)26-20-30(3,28(37)34-15-17-38-18-16-34)10-9-29(26,2)11-13-32(25,33)5/h7-8,19,26,36H,9-18,20H2,1-6H3/t26-,29-,30-,31+,32-,33+/m1/s1. The molecule has 0 bridgehead atoms. The summed E-state index contributed by atoms with van der Waals surface area (Å²) >= 11 is 0. The fourth-order valence-corrected chi connectivity index (χ4v) is 9.80. The molecule has 38 heavy (non-hydrogen) atoms. The average molecular weight is 520 g/mol. The normalized spacial score (nSPS) is 44.7. The van der Waals surface area contributed by atoms with E-state index in [1.165, 1.54) is 12.0 Å². The van der Waals surface area contributed by atoms with Crippen LogP contribution in [0.2, 0.25) is 0 Å². The lowest BCUT2D eigenvalue weighted by molar-refractivity contribution is -0.176. The second kappa shape index (κ2) is 8.19. The first-order valence-corrected chi connectivity index (χ1v) is 14.8. The SMILES string of the molecule is CC1=C(O)C(=O)C=C2C1=CC=C1[C@@]2(C)CC[C@@]2(C)[C@@H]3C[C@](C)(C(=O)N4CCOCC4)CC[C@]3(C)CC[C@]12C. The zero-order chi connectivity index (χ0) is 27.3. The first kappa shape index (κ1) is 26.1. The summed E-state index contributed by atoms with van der Waals surface area (Å²) in [7, 11) is 0. The number of aliphatic hydroxyl groups excluding tert-OH is 1. The van der Waals surface area contributed by atoms with Gasteiger partial charge in [0.2, 0.25) is 11.7 Å². The number of aliphatic hydroxyl groups is 1. The van der Waals surface area contributed by atoms with Crippen molar-refractivity contribution in [2.45, 2.75) is 86.5 Å². The van der Waals surface area contributed by atoms with Crippen molar-refractivity contribution in [3.05, 3.63) is 46.3 Å². The lowest BCUT2D eigenvalue weighted by Gasteiger charge is -2.70. The number of nitrogens with zero attached hydrogens (tertiary/aromatic N) is 1. The zero-order valence-corrected chi connectivity index (χ0v) is 24.2. The summed E-state index contributed by atoms with van der Waals surface area (Å²) in [5, 5.41) is 10.4. The fourth-order valence-electron chi connectivity index (χ4n) is 9.80. The molecule has 0 aromatic rings. The lowest BCUT2D eigenvalue weighted by Crippen LogP contribution is -2.63. The molecule has 0 unspecified atom stereocenters. The number of fused-ring (bicyclic) bond motifs is 7. The van der Waals surface area contributed by atoms with E-state index in [4.69, 9.17) is 4.74 Å². The van der Waals surface area contributed by atoms with Crippen LogP contribution in [0.1, 0.15) is 86.5 Å². The number of hydrogen-bond acceptors (Lipinski definition) is 4. The molecule has 0 aromatic carbocycles. The Morgan fingerprint density at radius 1 is 0.974 bits per heavy atom. The van der Waals surface area contributed by atoms with E-state index in [1.54, 1.807) is 6.08 Å². The summed E-state index contributed by atoms with van der Waals surface area (Å²) in [6, 6.07) is 0. The number of allylic oxidation sites excluding steroid dienone is 7. The monoisotopic (exact) mass is 519 g/mol. The Bertz CT molecular complexity index is 1230. The van der Waals surface area contributed by atoms with Crippen LogP contribution in [0.15, 0.2) is 46.3 Å². The number of amides is 1. The minimum absolute atomic E-state index is 0.0204. The van der Waals surface area contributed by atoms with Crippen molar-refractivity contribution in [1.82, 2.24) is 4.90 Å². The number of hydrogen-bond donors (Lipinski definition) is 1. The Labute approximate surface area is 228 Å². The van der Waals surface area contributed by atoms with E-state index in [0.717, 1.165) is 49.7 Å².